The predicted octanol–water partition coefficient (Wildman–Crippen LogP) is 0.883. The van der Waals surface area contributed by atoms with Gasteiger partial charge in [0.15, 0.2) is 0 Å². The third-order valence-electron chi connectivity index (χ3n) is 3.14. The maximum Gasteiger partial charge on any atom is 0.326 e. The second-order valence-electron chi connectivity index (χ2n) is 4.65. The van der Waals surface area contributed by atoms with E-state index in [9.17, 15) is 14.7 Å². The molecule has 1 aromatic heterocycles. The Bertz CT molecular complexity index is 486. The van der Waals surface area contributed by atoms with Crippen molar-refractivity contribution >= 4 is 23.5 Å². The lowest BCUT2D eigenvalue weighted by Gasteiger charge is -2.16. The number of carbonyl (C=O) groups is 2. The quantitative estimate of drug-likeness (QED) is 0.788. The minimum absolute atomic E-state index is 0.165. The molecule has 1 aromatic rings. The molecule has 1 amide bonds. The minimum atomic E-state index is -1.08. The highest BCUT2D eigenvalue weighted by Crippen LogP contribution is 2.13. The lowest BCUT2D eigenvalue weighted by molar-refractivity contribution is -0.142. The van der Waals surface area contributed by atoms with Crippen LogP contribution in [0.15, 0.2) is 18.3 Å². The van der Waals surface area contributed by atoms with Crippen LogP contribution < -0.4 is 5.32 Å². The first-order valence-electron chi connectivity index (χ1n) is 6.27. The molecule has 108 valence electrons. The molecule has 1 aliphatic rings. The highest BCUT2D eigenvalue weighted by atomic mass is 35.5. The van der Waals surface area contributed by atoms with E-state index < -0.39 is 12.0 Å². The van der Waals surface area contributed by atoms with Gasteiger partial charge >= 0.3 is 5.97 Å². The third kappa shape index (κ3) is 3.91. The number of pyridine rings is 1. The maximum atomic E-state index is 11.9. The number of amides is 1. The van der Waals surface area contributed by atoms with Gasteiger partial charge in [-0.05, 0) is 18.1 Å². The lowest BCUT2D eigenvalue weighted by Crippen LogP contribution is -2.45. The molecule has 7 heteroatoms. The van der Waals surface area contributed by atoms with Crippen molar-refractivity contribution in [3.63, 3.8) is 0 Å². The maximum absolute atomic E-state index is 11.9. The van der Waals surface area contributed by atoms with Gasteiger partial charge in [0.2, 0.25) is 5.91 Å². The molecule has 0 saturated carbocycles. The van der Waals surface area contributed by atoms with Crippen LogP contribution >= 0.6 is 11.6 Å². The number of carbonyl (C=O) groups excluding carboxylic acids is 1. The van der Waals surface area contributed by atoms with Gasteiger partial charge in [-0.25, -0.2) is 9.78 Å². The number of ether oxygens (including phenoxy) is 1. The summed E-state index contributed by atoms with van der Waals surface area (Å²) in [7, 11) is 0. The minimum Gasteiger partial charge on any atom is -0.480 e. The molecule has 0 radical (unpaired) electrons. The van der Waals surface area contributed by atoms with E-state index in [1.807, 2.05) is 0 Å². The van der Waals surface area contributed by atoms with Crippen molar-refractivity contribution in [2.45, 2.75) is 18.9 Å². The Morgan fingerprint density at radius 3 is 2.90 bits per heavy atom. The van der Waals surface area contributed by atoms with Crippen LogP contribution in [0.4, 0.5) is 0 Å². The number of hydrogen-bond donors (Lipinski definition) is 2. The van der Waals surface area contributed by atoms with E-state index in [0.29, 0.717) is 30.4 Å². The summed E-state index contributed by atoms with van der Waals surface area (Å²) in [6.45, 7) is 0.887. The first kappa shape index (κ1) is 14.7. The third-order valence-corrected chi connectivity index (χ3v) is 3.37. The Labute approximate surface area is 121 Å². The molecular weight excluding hydrogens is 284 g/mol. The topological polar surface area (TPSA) is 88.5 Å². The Hall–Kier alpha value is -1.66. The Morgan fingerprint density at radius 1 is 1.55 bits per heavy atom. The zero-order valence-corrected chi connectivity index (χ0v) is 11.5. The second kappa shape index (κ2) is 6.67. The predicted molar refractivity (Wildman–Crippen MR) is 71.4 cm³/mol. The zero-order chi connectivity index (χ0) is 14.5. The Balaban J connectivity index is 1.98. The summed E-state index contributed by atoms with van der Waals surface area (Å²) in [4.78, 5) is 27.0. The fourth-order valence-corrected chi connectivity index (χ4v) is 2.11. The smallest absolute Gasteiger partial charge is 0.326 e. The van der Waals surface area contributed by atoms with Gasteiger partial charge in [0.1, 0.15) is 11.2 Å². The second-order valence-corrected chi connectivity index (χ2v) is 5.04. The van der Waals surface area contributed by atoms with E-state index in [1.54, 1.807) is 12.1 Å². The van der Waals surface area contributed by atoms with Gasteiger partial charge < -0.3 is 15.2 Å². The van der Waals surface area contributed by atoms with Crippen LogP contribution in [-0.2, 0) is 20.7 Å². The number of hydrogen-bond acceptors (Lipinski definition) is 4. The number of carboxylic acid groups (broad SMARTS) is 1. The van der Waals surface area contributed by atoms with Gasteiger partial charge in [0, 0.05) is 19.2 Å². The van der Waals surface area contributed by atoms with Crippen LogP contribution in [0.3, 0.4) is 0 Å². The van der Waals surface area contributed by atoms with Crippen molar-refractivity contribution < 1.29 is 19.4 Å². The summed E-state index contributed by atoms with van der Waals surface area (Å²) < 4.78 is 5.12. The number of aliphatic carboxylic acids is 1. The lowest BCUT2D eigenvalue weighted by atomic mass is 10.0. The van der Waals surface area contributed by atoms with Crippen LogP contribution in [0.2, 0.25) is 5.15 Å². The van der Waals surface area contributed by atoms with Gasteiger partial charge in [0.05, 0.1) is 12.5 Å². The summed E-state index contributed by atoms with van der Waals surface area (Å²) in [5, 5.41) is 12.1. The summed E-state index contributed by atoms with van der Waals surface area (Å²) >= 11 is 5.67. The van der Waals surface area contributed by atoms with Crippen LogP contribution in [0.25, 0.3) is 0 Å². The molecule has 2 rings (SSSR count). The van der Waals surface area contributed by atoms with Gasteiger partial charge in [-0.3, -0.25) is 4.79 Å². The fourth-order valence-electron chi connectivity index (χ4n) is 1.99. The van der Waals surface area contributed by atoms with E-state index in [-0.39, 0.29) is 18.2 Å². The molecule has 0 bridgehead atoms. The number of aromatic nitrogens is 1. The van der Waals surface area contributed by atoms with E-state index >= 15 is 0 Å². The number of carboxylic acids is 1. The van der Waals surface area contributed by atoms with Crippen LogP contribution in [0, 0.1) is 5.92 Å². The highest BCUT2D eigenvalue weighted by molar-refractivity contribution is 6.29. The van der Waals surface area contributed by atoms with Crippen LogP contribution in [-0.4, -0.2) is 41.2 Å². The van der Waals surface area contributed by atoms with Crippen molar-refractivity contribution in [1.29, 1.82) is 0 Å². The molecule has 1 fully saturated rings. The molecule has 1 saturated heterocycles. The van der Waals surface area contributed by atoms with E-state index in [4.69, 9.17) is 16.3 Å². The summed E-state index contributed by atoms with van der Waals surface area (Å²) in [5.41, 5.74) is 0.699. The molecule has 0 unspecified atom stereocenters. The SMILES string of the molecule is O=C(N[C@H](Cc1ccc(Cl)nc1)C(=O)O)[C@@H]1CCOC1. The first-order valence-corrected chi connectivity index (χ1v) is 6.65. The van der Waals surface area contributed by atoms with Gasteiger partial charge in [-0.15, -0.1) is 0 Å². The number of rotatable bonds is 5. The standard InChI is InChI=1S/C13H15ClN2O4/c14-11-2-1-8(6-15-11)5-10(13(18)19)16-12(17)9-3-4-20-7-9/h1-2,6,9-10H,3-5,7H2,(H,16,17)(H,18,19)/t9-,10-/m1/s1. The van der Waals surface area contributed by atoms with Crippen molar-refractivity contribution in [3.8, 4) is 0 Å². The largest absolute Gasteiger partial charge is 0.480 e. The average Bonchev–Trinajstić information content (AvgIpc) is 2.94. The summed E-state index contributed by atoms with van der Waals surface area (Å²) in [5.74, 6) is -1.62. The van der Waals surface area contributed by atoms with Crippen LogP contribution in [0.5, 0.6) is 0 Å². The molecule has 20 heavy (non-hydrogen) atoms. The monoisotopic (exact) mass is 298 g/mol. The molecule has 0 aromatic carbocycles. The average molecular weight is 299 g/mol. The van der Waals surface area contributed by atoms with E-state index in [2.05, 4.69) is 10.3 Å². The Morgan fingerprint density at radius 2 is 2.35 bits per heavy atom. The fraction of sp³-hybridized carbons (Fsp3) is 0.462. The highest BCUT2D eigenvalue weighted by Gasteiger charge is 2.28. The summed E-state index contributed by atoms with van der Waals surface area (Å²) in [6.07, 6.45) is 2.29. The normalized spacial score (nSPS) is 19.6. The van der Waals surface area contributed by atoms with E-state index in [1.165, 1.54) is 6.20 Å². The molecule has 2 N–H and O–H groups in total. The molecule has 2 atom stereocenters. The van der Waals surface area contributed by atoms with Crippen molar-refractivity contribution in [1.82, 2.24) is 10.3 Å². The molecular formula is C13H15ClN2O4. The molecule has 6 nitrogen and oxygen atoms in total. The van der Waals surface area contributed by atoms with Crippen molar-refractivity contribution in [3.05, 3.63) is 29.0 Å². The van der Waals surface area contributed by atoms with Crippen molar-refractivity contribution in [2.75, 3.05) is 13.2 Å². The van der Waals surface area contributed by atoms with Crippen molar-refractivity contribution in [2.24, 2.45) is 5.92 Å². The summed E-state index contributed by atoms with van der Waals surface area (Å²) in [6, 6.07) is 2.30. The van der Waals surface area contributed by atoms with Gasteiger partial charge in [-0.2, -0.15) is 0 Å². The number of nitrogens with one attached hydrogen (secondary N) is 1. The van der Waals surface area contributed by atoms with Crippen LogP contribution in [0.1, 0.15) is 12.0 Å². The zero-order valence-electron chi connectivity index (χ0n) is 10.7. The first-order chi connectivity index (χ1) is 9.56. The number of halogens is 1. The van der Waals surface area contributed by atoms with Gasteiger partial charge in [0.25, 0.3) is 0 Å². The molecule has 2 heterocycles. The molecule has 0 spiro atoms. The molecule has 1 aliphatic heterocycles. The number of nitrogens with zero attached hydrogens (tertiary/aromatic N) is 1. The van der Waals surface area contributed by atoms with E-state index in [0.717, 1.165) is 0 Å². The molecule has 0 aliphatic carbocycles. The van der Waals surface area contributed by atoms with Gasteiger partial charge in [-0.1, -0.05) is 17.7 Å². The Kier molecular flexibility index (Phi) is 4.92.